The second kappa shape index (κ2) is 8.79. The van der Waals surface area contributed by atoms with Gasteiger partial charge in [-0.1, -0.05) is 29.3 Å². The number of benzene rings is 2. The fourth-order valence-corrected chi connectivity index (χ4v) is 4.84. The third-order valence-corrected chi connectivity index (χ3v) is 6.49. The Morgan fingerprint density at radius 2 is 1.83 bits per heavy atom. The Hall–Kier alpha value is -2.00. The number of hydrogen-bond acceptors (Lipinski definition) is 5. The molecule has 0 fully saturated rings. The lowest BCUT2D eigenvalue weighted by atomic mass is 10.2. The minimum Gasteiger partial charge on any atom is -0.493 e. The van der Waals surface area contributed by atoms with Gasteiger partial charge in [-0.3, -0.25) is 9.71 Å². The summed E-state index contributed by atoms with van der Waals surface area (Å²) in [5.41, 5.74) is 1.11. The third kappa shape index (κ3) is 5.14. The largest absolute Gasteiger partial charge is 0.493 e. The second-order valence-corrected chi connectivity index (χ2v) is 9.31. The van der Waals surface area contributed by atoms with Crippen LogP contribution in [0, 0.1) is 6.92 Å². The first kappa shape index (κ1) is 21.7. The van der Waals surface area contributed by atoms with E-state index in [-0.39, 0.29) is 15.6 Å². The molecule has 0 aliphatic rings. The SMILES string of the molecule is COc1cc(NS(=O)(=O)c2ccc(C)cc2Cl)c(Br)cc1Oc1cncc(Cl)c1. The maximum absolute atomic E-state index is 12.8. The number of ether oxygens (including phenoxy) is 2. The van der Waals surface area contributed by atoms with Crippen molar-refractivity contribution in [2.45, 2.75) is 11.8 Å². The van der Waals surface area contributed by atoms with Crippen molar-refractivity contribution in [2.75, 3.05) is 11.8 Å². The van der Waals surface area contributed by atoms with E-state index < -0.39 is 10.0 Å². The maximum Gasteiger partial charge on any atom is 0.263 e. The van der Waals surface area contributed by atoms with Gasteiger partial charge in [0.25, 0.3) is 10.0 Å². The quantitative estimate of drug-likeness (QED) is 0.430. The normalized spacial score (nSPS) is 11.2. The molecule has 1 aromatic heterocycles. The standard InChI is InChI=1S/C19H15BrCl2N2O4S/c1-11-3-4-19(15(22)5-11)29(25,26)24-16-8-17(27-2)18(7-14(16)20)28-13-6-12(21)9-23-10-13/h3-10,24H,1-2H3. The van der Waals surface area contributed by atoms with Crippen LogP contribution in [0.3, 0.4) is 0 Å². The number of sulfonamides is 1. The molecule has 0 bridgehead atoms. The molecule has 2 aromatic carbocycles. The average Bonchev–Trinajstić information content (AvgIpc) is 2.63. The minimum atomic E-state index is -3.92. The predicted molar refractivity (Wildman–Crippen MR) is 117 cm³/mol. The topological polar surface area (TPSA) is 77.5 Å². The van der Waals surface area contributed by atoms with Gasteiger partial charge in [0, 0.05) is 28.9 Å². The lowest BCUT2D eigenvalue weighted by Gasteiger charge is -2.15. The van der Waals surface area contributed by atoms with Crippen molar-refractivity contribution in [3.8, 4) is 17.2 Å². The van der Waals surface area contributed by atoms with Gasteiger partial charge in [0.05, 0.1) is 29.0 Å². The van der Waals surface area contributed by atoms with Crippen LogP contribution >= 0.6 is 39.1 Å². The van der Waals surface area contributed by atoms with E-state index in [0.717, 1.165) is 5.56 Å². The molecule has 0 spiro atoms. The average molecular weight is 518 g/mol. The van der Waals surface area contributed by atoms with Gasteiger partial charge in [0.1, 0.15) is 10.6 Å². The van der Waals surface area contributed by atoms with Crippen molar-refractivity contribution < 1.29 is 17.9 Å². The van der Waals surface area contributed by atoms with Gasteiger partial charge in [-0.2, -0.15) is 0 Å². The Morgan fingerprint density at radius 3 is 2.48 bits per heavy atom. The number of rotatable bonds is 6. The zero-order chi connectivity index (χ0) is 21.2. The van der Waals surface area contributed by atoms with Crippen LogP contribution in [0.1, 0.15) is 5.56 Å². The van der Waals surface area contributed by atoms with E-state index in [1.54, 1.807) is 24.3 Å². The number of aryl methyl sites for hydroxylation is 1. The maximum atomic E-state index is 12.8. The van der Waals surface area contributed by atoms with Crippen LogP contribution in [0.4, 0.5) is 5.69 Å². The van der Waals surface area contributed by atoms with Gasteiger partial charge < -0.3 is 9.47 Å². The highest BCUT2D eigenvalue weighted by Crippen LogP contribution is 2.40. The first-order valence-corrected chi connectivity index (χ1v) is 11.2. The molecule has 0 unspecified atom stereocenters. The smallest absolute Gasteiger partial charge is 0.263 e. The highest BCUT2D eigenvalue weighted by Gasteiger charge is 2.21. The van der Waals surface area contributed by atoms with E-state index in [0.29, 0.717) is 26.7 Å². The van der Waals surface area contributed by atoms with E-state index in [4.69, 9.17) is 32.7 Å². The summed E-state index contributed by atoms with van der Waals surface area (Å²) in [6, 6.07) is 9.38. The Balaban J connectivity index is 1.94. The number of nitrogens with one attached hydrogen (secondary N) is 1. The first-order valence-electron chi connectivity index (χ1n) is 8.14. The molecule has 0 aliphatic heterocycles. The van der Waals surface area contributed by atoms with Crippen LogP contribution in [0.15, 0.2) is 58.2 Å². The number of methoxy groups -OCH3 is 1. The number of pyridine rings is 1. The Kier molecular flexibility index (Phi) is 6.58. The number of nitrogens with zero attached hydrogens (tertiary/aromatic N) is 1. The predicted octanol–water partition coefficient (Wildman–Crippen LogP) is 6.06. The van der Waals surface area contributed by atoms with Crippen LogP contribution in [-0.4, -0.2) is 20.5 Å². The minimum absolute atomic E-state index is 0.0269. The molecule has 0 amide bonds. The van der Waals surface area contributed by atoms with Crippen molar-refractivity contribution in [1.82, 2.24) is 4.98 Å². The lowest BCUT2D eigenvalue weighted by molar-refractivity contribution is 0.378. The van der Waals surface area contributed by atoms with Crippen LogP contribution in [0.2, 0.25) is 10.0 Å². The summed E-state index contributed by atoms with van der Waals surface area (Å²) in [5, 5.41) is 0.550. The zero-order valence-corrected chi connectivity index (χ0v) is 19.2. The first-order chi connectivity index (χ1) is 13.7. The van der Waals surface area contributed by atoms with Crippen LogP contribution in [0.25, 0.3) is 0 Å². The molecule has 0 saturated carbocycles. The van der Waals surface area contributed by atoms with E-state index >= 15 is 0 Å². The van der Waals surface area contributed by atoms with Crippen molar-refractivity contribution in [3.63, 3.8) is 0 Å². The fraction of sp³-hybridized carbons (Fsp3) is 0.105. The fourth-order valence-electron chi connectivity index (χ4n) is 2.45. The van der Waals surface area contributed by atoms with Crippen molar-refractivity contribution in [1.29, 1.82) is 0 Å². The molecule has 0 atom stereocenters. The lowest BCUT2D eigenvalue weighted by Crippen LogP contribution is -2.14. The van der Waals surface area contributed by atoms with Gasteiger partial charge in [0.15, 0.2) is 11.5 Å². The van der Waals surface area contributed by atoms with Crippen LogP contribution in [0.5, 0.6) is 17.2 Å². The van der Waals surface area contributed by atoms with E-state index in [9.17, 15) is 8.42 Å². The highest BCUT2D eigenvalue weighted by molar-refractivity contribution is 9.10. The van der Waals surface area contributed by atoms with Crippen molar-refractivity contribution in [3.05, 3.63) is 68.9 Å². The number of hydrogen-bond donors (Lipinski definition) is 1. The second-order valence-electron chi connectivity index (χ2n) is 5.96. The van der Waals surface area contributed by atoms with Crippen LogP contribution in [-0.2, 0) is 10.0 Å². The molecular formula is C19H15BrCl2N2O4S. The third-order valence-electron chi connectivity index (χ3n) is 3.78. The molecule has 10 heteroatoms. The summed E-state index contributed by atoms with van der Waals surface area (Å²) in [6.45, 7) is 1.82. The van der Waals surface area contributed by atoms with Gasteiger partial charge >= 0.3 is 0 Å². The summed E-state index contributed by atoms with van der Waals surface area (Å²) in [6.07, 6.45) is 2.98. The number of aromatic nitrogens is 1. The molecule has 0 radical (unpaired) electrons. The monoisotopic (exact) mass is 516 g/mol. The number of anilines is 1. The molecule has 29 heavy (non-hydrogen) atoms. The molecule has 3 rings (SSSR count). The van der Waals surface area contributed by atoms with Gasteiger partial charge in [-0.25, -0.2) is 8.42 Å². The van der Waals surface area contributed by atoms with Gasteiger partial charge in [-0.15, -0.1) is 0 Å². The highest BCUT2D eigenvalue weighted by atomic mass is 79.9. The van der Waals surface area contributed by atoms with E-state index in [2.05, 4.69) is 25.6 Å². The summed E-state index contributed by atoms with van der Waals surface area (Å²) < 4.78 is 39.6. The van der Waals surface area contributed by atoms with Gasteiger partial charge in [0.2, 0.25) is 0 Å². The summed E-state index contributed by atoms with van der Waals surface area (Å²) in [4.78, 5) is 3.93. The van der Waals surface area contributed by atoms with Crippen molar-refractivity contribution >= 4 is 54.8 Å². The molecule has 0 aliphatic carbocycles. The Bertz CT molecular complexity index is 1170. The molecule has 6 nitrogen and oxygen atoms in total. The number of halogens is 3. The molecule has 0 saturated heterocycles. The zero-order valence-electron chi connectivity index (χ0n) is 15.2. The Morgan fingerprint density at radius 1 is 1.07 bits per heavy atom. The van der Waals surface area contributed by atoms with E-state index in [1.807, 2.05) is 6.92 Å². The van der Waals surface area contributed by atoms with Crippen LogP contribution < -0.4 is 14.2 Å². The molecule has 1 N–H and O–H groups in total. The summed E-state index contributed by atoms with van der Waals surface area (Å²) >= 11 is 15.4. The van der Waals surface area contributed by atoms with E-state index in [1.165, 1.54) is 31.6 Å². The molecule has 1 heterocycles. The van der Waals surface area contributed by atoms with Gasteiger partial charge in [-0.05, 0) is 40.5 Å². The Labute approximate surface area is 187 Å². The van der Waals surface area contributed by atoms with Crippen molar-refractivity contribution in [2.24, 2.45) is 0 Å². The summed E-state index contributed by atoms with van der Waals surface area (Å²) in [7, 11) is -2.48. The molecular weight excluding hydrogens is 503 g/mol. The molecule has 152 valence electrons. The summed E-state index contributed by atoms with van der Waals surface area (Å²) in [5.74, 6) is 1.06. The molecule has 3 aromatic rings.